The summed E-state index contributed by atoms with van der Waals surface area (Å²) in [5, 5.41) is 22.9. The third kappa shape index (κ3) is 4.21. The average molecular weight is 262 g/mol. The van der Waals surface area contributed by atoms with Crippen LogP contribution in [0.4, 0.5) is 0 Å². The summed E-state index contributed by atoms with van der Waals surface area (Å²) in [6.45, 7) is 0. The second kappa shape index (κ2) is 8.42. The summed E-state index contributed by atoms with van der Waals surface area (Å²) >= 11 is 0. The van der Waals surface area contributed by atoms with Crippen molar-refractivity contribution in [2.24, 2.45) is 0 Å². The summed E-state index contributed by atoms with van der Waals surface area (Å²) in [6.07, 6.45) is 0. The van der Waals surface area contributed by atoms with Crippen LogP contribution < -0.4 is 113 Å². The van der Waals surface area contributed by atoms with Crippen LogP contribution >= 0.6 is 0 Å². The SMILES string of the molecule is [K+].[K+].[O-]c1ccccc1-c1ccccc1[O-]. The van der Waals surface area contributed by atoms with Crippen LogP contribution in [-0.2, 0) is 0 Å². The molecule has 2 nitrogen and oxygen atoms in total. The fourth-order valence-corrected chi connectivity index (χ4v) is 1.38. The molecule has 70 valence electrons. The molecule has 0 saturated carbocycles. The third-order valence-electron chi connectivity index (χ3n) is 2.06. The molecule has 0 saturated heterocycles. The van der Waals surface area contributed by atoms with Gasteiger partial charge in [-0.25, -0.2) is 0 Å². The summed E-state index contributed by atoms with van der Waals surface area (Å²) in [6, 6.07) is 13.1. The van der Waals surface area contributed by atoms with Crippen LogP contribution in [0, 0.1) is 0 Å². The molecule has 0 spiro atoms. The van der Waals surface area contributed by atoms with Crippen molar-refractivity contribution in [2.75, 3.05) is 0 Å². The molecule has 2 aromatic carbocycles. The Bertz CT molecular complexity index is 415. The molecule has 0 atom stereocenters. The molecule has 0 aliphatic carbocycles. The molecule has 0 aromatic heterocycles. The first-order chi connectivity index (χ1) is 6.79. The van der Waals surface area contributed by atoms with Gasteiger partial charge in [0, 0.05) is 0 Å². The summed E-state index contributed by atoms with van der Waals surface area (Å²) in [5.41, 5.74) is 0.941. The van der Waals surface area contributed by atoms with Gasteiger partial charge in [-0.05, 0) is 11.1 Å². The van der Waals surface area contributed by atoms with E-state index in [4.69, 9.17) is 0 Å². The molecule has 16 heavy (non-hydrogen) atoms. The van der Waals surface area contributed by atoms with E-state index < -0.39 is 0 Å². The summed E-state index contributed by atoms with van der Waals surface area (Å²) < 4.78 is 0. The van der Waals surface area contributed by atoms with Gasteiger partial charge < -0.3 is 10.2 Å². The average Bonchev–Trinajstić information content (AvgIpc) is 2.20. The first-order valence-electron chi connectivity index (χ1n) is 4.31. The van der Waals surface area contributed by atoms with Crippen LogP contribution in [0.1, 0.15) is 0 Å². The Morgan fingerprint density at radius 1 is 0.562 bits per heavy atom. The third-order valence-corrected chi connectivity index (χ3v) is 2.06. The van der Waals surface area contributed by atoms with Crippen LogP contribution in [0.5, 0.6) is 11.5 Å². The summed E-state index contributed by atoms with van der Waals surface area (Å²) in [7, 11) is 0. The topological polar surface area (TPSA) is 46.1 Å². The molecule has 0 N–H and O–H groups in total. The van der Waals surface area contributed by atoms with Crippen molar-refractivity contribution in [1.82, 2.24) is 0 Å². The van der Waals surface area contributed by atoms with E-state index in [0.29, 0.717) is 11.1 Å². The standard InChI is InChI=1S/C12H10O2.2K/c13-11-7-3-1-5-9(11)10-6-2-4-8-12(10)14;;/h1-8,13-14H;;/q;2*+1/p-2. The van der Waals surface area contributed by atoms with Crippen molar-refractivity contribution in [2.45, 2.75) is 0 Å². The Kier molecular flexibility index (Phi) is 9.11. The van der Waals surface area contributed by atoms with Gasteiger partial charge in [-0.3, -0.25) is 0 Å². The number of benzene rings is 2. The molecule has 4 heteroatoms. The smallest absolute Gasteiger partial charge is 0.872 e. The maximum atomic E-state index is 11.4. The Hall–Kier alpha value is 1.31. The van der Waals surface area contributed by atoms with E-state index in [1.807, 2.05) is 0 Å². The summed E-state index contributed by atoms with van der Waals surface area (Å²) in [5.74, 6) is -0.230. The van der Waals surface area contributed by atoms with E-state index in [1.165, 1.54) is 12.1 Å². The van der Waals surface area contributed by atoms with Crippen molar-refractivity contribution in [1.29, 1.82) is 0 Å². The first kappa shape index (κ1) is 17.3. The molecular weight excluding hydrogens is 254 g/mol. The van der Waals surface area contributed by atoms with Gasteiger partial charge >= 0.3 is 103 Å². The van der Waals surface area contributed by atoms with Gasteiger partial charge in [0.2, 0.25) is 0 Å². The molecule has 0 unspecified atom stereocenters. The molecule has 0 heterocycles. The maximum Gasteiger partial charge on any atom is 1.00 e. The molecule has 0 bridgehead atoms. The number of hydrogen-bond donors (Lipinski definition) is 0. The molecule has 2 rings (SSSR count). The molecule has 0 aliphatic heterocycles. The summed E-state index contributed by atoms with van der Waals surface area (Å²) in [4.78, 5) is 0. The fourth-order valence-electron chi connectivity index (χ4n) is 1.38. The van der Waals surface area contributed by atoms with Gasteiger partial charge in [0.25, 0.3) is 0 Å². The van der Waals surface area contributed by atoms with Crippen molar-refractivity contribution >= 4 is 0 Å². The zero-order chi connectivity index (χ0) is 9.97. The van der Waals surface area contributed by atoms with Gasteiger partial charge in [-0.15, -0.1) is 11.5 Å². The minimum absolute atomic E-state index is 0. The Balaban J connectivity index is 0.00000112. The second-order valence-electron chi connectivity index (χ2n) is 2.99. The van der Waals surface area contributed by atoms with E-state index in [1.54, 1.807) is 36.4 Å². The number of para-hydroxylation sites is 2. The minimum Gasteiger partial charge on any atom is -0.872 e. The number of rotatable bonds is 1. The van der Waals surface area contributed by atoms with Crippen molar-refractivity contribution in [3.05, 3.63) is 48.5 Å². The van der Waals surface area contributed by atoms with Crippen LogP contribution in [0.2, 0.25) is 0 Å². The fraction of sp³-hybridized carbons (Fsp3) is 0. The normalized spacial score (nSPS) is 8.75. The van der Waals surface area contributed by atoms with Crippen LogP contribution in [0.3, 0.4) is 0 Å². The Morgan fingerprint density at radius 3 is 1.19 bits per heavy atom. The van der Waals surface area contributed by atoms with Gasteiger partial charge in [0.15, 0.2) is 0 Å². The number of hydrogen-bond acceptors (Lipinski definition) is 2. The van der Waals surface area contributed by atoms with Crippen molar-refractivity contribution in [3.63, 3.8) is 0 Å². The van der Waals surface area contributed by atoms with E-state index in [9.17, 15) is 10.2 Å². The minimum atomic E-state index is -0.115. The largest absolute Gasteiger partial charge is 1.00 e. The molecular formula is C12H8K2O2. The van der Waals surface area contributed by atoms with Crippen LogP contribution in [0.25, 0.3) is 11.1 Å². The Labute approximate surface area is 180 Å². The van der Waals surface area contributed by atoms with E-state index in [0.717, 1.165) is 0 Å². The van der Waals surface area contributed by atoms with Crippen molar-refractivity contribution in [3.8, 4) is 22.6 Å². The molecule has 0 aliphatic rings. The Morgan fingerprint density at radius 2 is 0.875 bits per heavy atom. The van der Waals surface area contributed by atoms with Gasteiger partial charge in [-0.1, -0.05) is 48.5 Å². The van der Waals surface area contributed by atoms with Gasteiger partial charge in [0.1, 0.15) is 0 Å². The zero-order valence-electron chi connectivity index (χ0n) is 9.44. The zero-order valence-corrected chi connectivity index (χ0v) is 15.7. The molecule has 2 aromatic rings. The first-order valence-corrected chi connectivity index (χ1v) is 4.31. The van der Waals surface area contributed by atoms with E-state index in [2.05, 4.69) is 0 Å². The predicted octanol–water partition coefficient (Wildman–Crippen LogP) is -4.49. The molecule has 0 fully saturated rings. The monoisotopic (exact) mass is 262 g/mol. The maximum absolute atomic E-state index is 11.4. The predicted molar refractivity (Wildman–Crippen MR) is 50.8 cm³/mol. The van der Waals surface area contributed by atoms with Crippen LogP contribution in [-0.4, -0.2) is 0 Å². The van der Waals surface area contributed by atoms with Gasteiger partial charge in [-0.2, -0.15) is 0 Å². The van der Waals surface area contributed by atoms with E-state index in [-0.39, 0.29) is 114 Å². The second-order valence-corrected chi connectivity index (χ2v) is 2.99. The van der Waals surface area contributed by atoms with Crippen molar-refractivity contribution < 1.29 is 113 Å². The van der Waals surface area contributed by atoms with Crippen LogP contribution in [0.15, 0.2) is 48.5 Å². The van der Waals surface area contributed by atoms with E-state index >= 15 is 0 Å². The van der Waals surface area contributed by atoms with Gasteiger partial charge in [0.05, 0.1) is 0 Å². The molecule has 0 amide bonds. The quantitative estimate of drug-likeness (QED) is 0.487. The molecule has 0 radical (unpaired) electrons.